The number of rotatable bonds is 5. The maximum atomic E-state index is 12.5. The van der Waals surface area contributed by atoms with Gasteiger partial charge in [0.05, 0.1) is 31.7 Å². The number of aliphatic hydroxyl groups is 1. The Bertz CT molecular complexity index is 1130. The van der Waals surface area contributed by atoms with Gasteiger partial charge in [0.1, 0.15) is 0 Å². The zero-order valence-corrected chi connectivity index (χ0v) is 16.0. The Hall–Kier alpha value is -2.71. The Kier molecular flexibility index (Phi) is 4.91. The molecule has 4 rings (SSSR count). The molecule has 2 heterocycles. The summed E-state index contributed by atoms with van der Waals surface area (Å²) in [5, 5.41) is 10.5. The molecule has 0 bridgehead atoms. The van der Waals surface area contributed by atoms with E-state index in [1.165, 1.54) is 29.1 Å². The zero-order chi connectivity index (χ0) is 19.8. The van der Waals surface area contributed by atoms with Crippen molar-refractivity contribution in [3.05, 3.63) is 62.6 Å². The number of imidazole rings is 1. The quantitative estimate of drug-likeness (QED) is 0.705. The minimum Gasteiger partial charge on any atom is -0.389 e. The highest BCUT2D eigenvalue weighted by atomic mass is 16.5. The van der Waals surface area contributed by atoms with Crippen molar-refractivity contribution >= 4 is 11.2 Å². The van der Waals surface area contributed by atoms with Gasteiger partial charge in [0, 0.05) is 14.1 Å². The van der Waals surface area contributed by atoms with Crippen LogP contribution in [-0.2, 0) is 31.8 Å². The van der Waals surface area contributed by atoms with E-state index in [1.54, 1.807) is 11.6 Å². The highest BCUT2D eigenvalue weighted by Gasteiger charge is 2.22. The lowest BCUT2D eigenvalue weighted by molar-refractivity contribution is -0.0222. The van der Waals surface area contributed by atoms with Crippen LogP contribution < -0.4 is 11.2 Å². The molecule has 0 unspecified atom stereocenters. The number of aryl methyl sites for hydroxylation is 2. The van der Waals surface area contributed by atoms with Gasteiger partial charge in [-0.1, -0.05) is 24.3 Å². The first-order chi connectivity index (χ1) is 13.5. The molecule has 0 saturated heterocycles. The molecule has 1 aliphatic carbocycles. The molecule has 0 radical (unpaired) electrons. The van der Waals surface area contributed by atoms with Gasteiger partial charge in [-0.15, -0.1) is 0 Å². The summed E-state index contributed by atoms with van der Waals surface area (Å²) in [7, 11) is 3.00. The van der Waals surface area contributed by atoms with Gasteiger partial charge >= 0.3 is 5.69 Å². The molecule has 0 amide bonds. The lowest BCUT2D eigenvalue weighted by Crippen LogP contribution is -2.38. The van der Waals surface area contributed by atoms with Crippen LogP contribution in [0.15, 0.2) is 40.2 Å². The van der Waals surface area contributed by atoms with Crippen LogP contribution in [0.1, 0.15) is 30.1 Å². The van der Waals surface area contributed by atoms with Crippen LogP contribution in [0.4, 0.5) is 0 Å². The van der Waals surface area contributed by atoms with Crippen molar-refractivity contribution in [2.24, 2.45) is 14.1 Å². The predicted octanol–water partition coefficient (Wildman–Crippen LogP) is 0.889. The smallest absolute Gasteiger partial charge is 0.332 e. The van der Waals surface area contributed by atoms with Crippen LogP contribution in [0.3, 0.4) is 0 Å². The fourth-order valence-corrected chi connectivity index (χ4v) is 3.92. The second-order valence-corrected chi connectivity index (χ2v) is 7.34. The Labute approximate surface area is 161 Å². The van der Waals surface area contributed by atoms with Crippen LogP contribution in [-0.4, -0.2) is 36.5 Å². The SMILES string of the molecule is Cn1c(=O)c2c(ncn2C[C@H](O)CO[C@H]2CCCc3ccccc32)n(C)c1=O. The number of ether oxygens (including phenoxy) is 1. The van der Waals surface area contributed by atoms with Crippen molar-refractivity contribution in [2.75, 3.05) is 6.61 Å². The molecule has 0 spiro atoms. The number of aliphatic hydroxyl groups excluding tert-OH is 1. The van der Waals surface area contributed by atoms with Crippen LogP contribution >= 0.6 is 0 Å². The number of hydrogen-bond acceptors (Lipinski definition) is 5. The highest BCUT2D eigenvalue weighted by Crippen LogP contribution is 2.32. The lowest BCUT2D eigenvalue weighted by atomic mass is 9.89. The molecule has 8 heteroatoms. The van der Waals surface area contributed by atoms with E-state index in [1.807, 2.05) is 12.1 Å². The summed E-state index contributed by atoms with van der Waals surface area (Å²) in [5.74, 6) is 0. The summed E-state index contributed by atoms with van der Waals surface area (Å²) in [6, 6.07) is 8.25. The van der Waals surface area contributed by atoms with Gasteiger partial charge < -0.3 is 14.4 Å². The maximum Gasteiger partial charge on any atom is 0.332 e. The summed E-state index contributed by atoms with van der Waals surface area (Å²) in [6.45, 7) is 0.322. The van der Waals surface area contributed by atoms with E-state index >= 15 is 0 Å². The maximum absolute atomic E-state index is 12.5. The molecule has 1 N–H and O–H groups in total. The van der Waals surface area contributed by atoms with E-state index < -0.39 is 17.4 Å². The third-order valence-corrected chi connectivity index (χ3v) is 5.43. The van der Waals surface area contributed by atoms with Gasteiger partial charge in [-0.2, -0.15) is 0 Å². The number of aromatic nitrogens is 4. The number of benzene rings is 1. The Balaban J connectivity index is 1.50. The predicted molar refractivity (Wildman–Crippen MR) is 104 cm³/mol. The molecule has 1 aliphatic rings. The molecule has 28 heavy (non-hydrogen) atoms. The summed E-state index contributed by atoms with van der Waals surface area (Å²) >= 11 is 0. The van der Waals surface area contributed by atoms with Gasteiger partial charge in [0.15, 0.2) is 11.2 Å². The Morgan fingerprint density at radius 1 is 1.25 bits per heavy atom. The molecule has 148 valence electrons. The van der Waals surface area contributed by atoms with E-state index in [0.717, 1.165) is 23.8 Å². The fraction of sp³-hybridized carbons (Fsp3) is 0.450. The first kappa shape index (κ1) is 18.6. The van der Waals surface area contributed by atoms with E-state index in [-0.39, 0.29) is 19.3 Å². The van der Waals surface area contributed by atoms with Crippen molar-refractivity contribution in [3.8, 4) is 0 Å². The third kappa shape index (κ3) is 3.18. The van der Waals surface area contributed by atoms with Gasteiger partial charge in [-0.05, 0) is 30.4 Å². The highest BCUT2D eigenvalue weighted by molar-refractivity contribution is 5.69. The van der Waals surface area contributed by atoms with Gasteiger partial charge in [-0.3, -0.25) is 13.9 Å². The average molecular weight is 384 g/mol. The summed E-state index contributed by atoms with van der Waals surface area (Å²) in [5.41, 5.74) is 2.25. The first-order valence-electron chi connectivity index (χ1n) is 9.45. The minimum atomic E-state index is -0.798. The van der Waals surface area contributed by atoms with Crippen LogP contribution in [0.2, 0.25) is 0 Å². The van der Waals surface area contributed by atoms with Crippen LogP contribution in [0, 0.1) is 0 Å². The third-order valence-electron chi connectivity index (χ3n) is 5.43. The van der Waals surface area contributed by atoms with E-state index in [4.69, 9.17) is 4.74 Å². The molecule has 2 atom stereocenters. The number of hydrogen-bond donors (Lipinski definition) is 1. The van der Waals surface area contributed by atoms with Crippen molar-refractivity contribution in [1.82, 2.24) is 18.7 Å². The van der Waals surface area contributed by atoms with Crippen molar-refractivity contribution < 1.29 is 9.84 Å². The first-order valence-corrected chi connectivity index (χ1v) is 9.45. The molecule has 0 aliphatic heterocycles. The summed E-state index contributed by atoms with van der Waals surface area (Å²) in [4.78, 5) is 28.7. The standard InChI is InChI=1S/C20H24N4O4/c1-22-18-17(19(26)23(2)20(22)27)24(12-21-18)10-14(25)11-28-16-9-5-7-13-6-3-4-8-15(13)16/h3-4,6,8,12,14,16,25H,5,7,9-11H2,1-2H3/t14-,16-/m0/s1. The average Bonchev–Trinajstić information content (AvgIpc) is 3.12. The number of nitrogens with zero attached hydrogens (tertiary/aromatic N) is 4. The number of fused-ring (bicyclic) bond motifs is 2. The topological polar surface area (TPSA) is 91.3 Å². The van der Waals surface area contributed by atoms with Crippen molar-refractivity contribution in [2.45, 2.75) is 38.0 Å². The van der Waals surface area contributed by atoms with Crippen LogP contribution in [0.25, 0.3) is 11.2 Å². The zero-order valence-electron chi connectivity index (χ0n) is 16.0. The van der Waals surface area contributed by atoms with Crippen molar-refractivity contribution in [3.63, 3.8) is 0 Å². The molecule has 3 aromatic rings. The Morgan fingerprint density at radius 2 is 2.04 bits per heavy atom. The summed E-state index contributed by atoms with van der Waals surface area (Å²) < 4.78 is 9.96. The lowest BCUT2D eigenvalue weighted by Gasteiger charge is -2.26. The van der Waals surface area contributed by atoms with E-state index in [2.05, 4.69) is 17.1 Å². The van der Waals surface area contributed by atoms with Crippen LogP contribution in [0.5, 0.6) is 0 Å². The van der Waals surface area contributed by atoms with E-state index in [0.29, 0.717) is 11.2 Å². The molecule has 1 aromatic carbocycles. The van der Waals surface area contributed by atoms with Crippen molar-refractivity contribution in [1.29, 1.82) is 0 Å². The second-order valence-electron chi connectivity index (χ2n) is 7.34. The largest absolute Gasteiger partial charge is 0.389 e. The van der Waals surface area contributed by atoms with Gasteiger partial charge in [0.2, 0.25) is 0 Å². The summed E-state index contributed by atoms with van der Waals surface area (Å²) in [6.07, 6.45) is 3.71. The fourth-order valence-electron chi connectivity index (χ4n) is 3.92. The minimum absolute atomic E-state index is 0.0205. The molecular weight excluding hydrogens is 360 g/mol. The normalized spacial score (nSPS) is 17.6. The molecular formula is C20H24N4O4. The van der Waals surface area contributed by atoms with E-state index in [9.17, 15) is 14.7 Å². The monoisotopic (exact) mass is 384 g/mol. The van der Waals surface area contributed by atoms with Gasteiger partial charge in [-0.25, -0.2) is 9.78 Å². The molecule has 2 aromatic heterocycles. The Morgan fingerprint density at radius 3 is 2.86 bits per heavy atom. The molecule has 8 nitrogen and oxygen atoms in total. The van der Waals surface area contributed by atoms with Gasteiger partial charge in [0.25, 0.3) is 5.56 Å². The molecule has 0 fully saturated rings. The second kappa shape index (κ2) is 7.37. The molecule has 0 saturated carbocycles.